The highest BCUT2D eigenvalue weighted by Crippen LogP contribution is 2.14. The van der Waals surface area contributed by atoms with Crippen molar-refractivity contribution in [1.82, 2.24) is 20.1 Å². The predicted molar refractivity (Wildman–Crippen MR) is 87.0 cm³/mol. The Balaban J connectivity index is 1.80. The second kappa shape index (κ2) is 6.91. The van der Waals surface area contributed by atoms with E-state index in [0.29, 0.717) is 11.5 Å². The van der Waals surface area contributed by atoms with Gasteiger partial charge in [0.1, 0.15) is 11.8 Å². The number of nitrogens with one attached hydrogen (secondary N) is 1. The van der Waals surface area contributed by atoms with Crippen molar-refractivity contribution >= 4 is 5.91 Å². The van der Waals surface area contributed by atoms with Crippen LogP contribution in [0.4, 0.5) is 0 Å². The van der Waals surface area contributed by atoms with Crippen LogP contribution < -0.4 is 10.9 Å². The number of amides is 1. The Morgan fingerprint density at radius 2 is 2.04 bits per heavy atom. The summed E-state index contributed by atoms with van der Waals surface area (Å²) in [6.45, 7) is 1.89. The van der Waals surface area contributed by atoms with E-state index in [1.165, 1.54) is 17.0 Å². The molecule has 1 unspecified atom stereocenters. The Hall–Kier alpha value is -3.22. The molecule has 0 aliphatic carbocycles. The molecule has 0 aliphatic heterocycles. The fraction of sp³-hybridized carbons (Fsp3) is 0.176. The van der Waals surface area contributed by atoms with Gasteiger partial charge >= 0.3 is 0 Å². The van der Waals surface area contributed by atoms with Gasteiger partial charge in [0.25, 0.3) is 5.56 Å². The lowest BCUT2D eigenvalue weighted by Crippen LogP contribution is -2.36. The maximum Gasteiger partial charge on any atom is 0.267 e. The van der Waals surface area contributed by atoms with Crippen molar-refractivity contribution in [3.8, 4) is 11.3 Å². The van der Waals surface area contributed by atoms with E-state index in [9.17, 15) is 9.59 Å². The van der Waals surface area contributed by atoms with Gasteiger partial charge in [-0.3, -0.25) is 14.6 Å². The molecular weight excluding hydrogens is 308 g/mol. The molecule has 1 N–H and O–H groups in total. The van der Waals surface area contributed by atoms with Crippen molar-refractivity contribution in [3.05, 3.63) is 71.2 Å². The number of hydrogen-bond donors (Lipinski definition) is 1. The Kier molecular flexibility index (Phi) is 4.51. The standard InChI is InChI=1S/C17H16N4O3/c1-12(17(23)19-11-14-3-2-10-24-14)21-16(22)5-4-15(20-21)13-6-8-18-9-7-13/h2-10,12H,11H2,1H3,(H,19,23). The van der Waals surface area contributed by atoms with Crippen LogP contribution in [-0.2, 0) is 11.3 Å². The normalized spacial score (nSPS) is 11.9. The summed E-state index contributed by atoms with van der Waals surface area (Å²) in [6, 6.07) is 9.38. The van der Waals surface area contributed by atoms with E-state index >= 15 is 0 Å². The van der Waals surface area contributed by atoms with Crippen molar-refractivity contribution < 1.29 is 9.21 Å². The largest absolute Gasteiger partial charge is 0.467 e. The van der Waals surface area contributed by atoms with E-state index in [2.05, 4.69) is 15.4 Å². The van der Waals surface area contributed by atoms with E-state index in [0.717, 1.165) is 5.56 Å². The van der Waals surface area contributed by atoms with Crippen LogP contribution in [0.2, 0.25) is 0 Å². The third-order valence-corrected chi connectivity index (χ3v) is 3.56. The molecule has 3 aromatic rings. The number of carbonyl (C=O) groups excluding carboxylic acids is 1. The van der Waals surface area contributed by atoms with Crippen LogP contribution in [-0.4, -0.2) is 20.7 Å². The first-order chi connectivity index (χ1) is 11.6. The van der Waals surface area contributed by atoms with Crippen LogP contribution >= 0.6 is 0 Å². The van der Waals surface area contributed by atoms with E-state index < -0.39 is 6.04 Å². The summed E-state index contributed by atoms with van der Waals surface area (Å²) < 4.78 is 6.34. The molecule has 0 bridgehead atoms. The lowest BCUT2D eigenvalue weighted by molar-refractivity contribution is -0.124. The summed E-state index contributed by atoms with van der Waals surface area (Å²) in [5.41, 5.74) is 1.08. The molecule has 0 aliphatic rings. The Bertz CT molecular complexity index is 872. The quantitative estimate of drug-likeness (QED) is 0.772. The lowest BCUT2D eigenvalue weighted by atomic mass is 10.2. The number of furan rings is 1. The highest BCUT2D eigenvalue weighted by molar-refractivity contribution is 5.79. The fourth-order valence-electron chi connectivity index (χ4n) is 2.23. The maximum absolute atomic E-state index is 12.3. The first kappa shape index (κ1) is 15.7. The lowest BCUT2D eigenvalue weighted by Gasteiger charge is -2.14. The van der Waals surface area contributed by atoms with Gasteiger partial charge in [0.15, 0.2) is 0 Å². The van der Waals surface area contributed by atoms with E-state index in [1.54, 1.807) is 49.6 Å². The second-order valence-corrected chi connectivity index (χ2v) is 5.21. The molecule has 24 heavy (non-hydrogen) atoms. The molecule has 0 aromatic carbocycles. The number of pyridine rings is 1. The average molecular weight is 324 g/mol. The van der Waals surface area contributed by atoms with Gasteiger partial charge in [-0.05, 0) is 37.3 Å². The van der Waals surface area contributed by atoms with Gasteiger partial charge in [0, 0.05) is 24.0 Å². The predicted octanol–water partition coefficient (Wildman–Crippen LogP) is 1.78. The van der Waals surface area contributed by atoms with Gasteiger partial charge < -0.3 is 9.73 Å². The number of carbonyl (C=O) groups is 1. The Labute approximate surface area is 138 Å². The van der Waals surface area contributed by atoms with Crippen molar-refractivity contribution in [2.45, 2.75) is 19.5 Å². The van der Waals surface area contributed by atoms with Crippen molar-refractivity contribution in [3.63, 3.8) is 0 Å². The zero-order chi connectivity index (χ0) is 16.9. The highest BCUT2D eigenvalue weighted by Gasteiger charge is 2.18. The third-order valence-electron chi connectivity index (χ3n) is 3.56. The zero-order valence-electron chi connectivity index (χ0n) is 13.0. The monoisotopic (exact) mass is 324 g/mol. The zero-order valence-corrected chi connectivity index (χ0v) is 13.0. The van der Waals surface area contributed by atoms with Crippen molar-refractivity contribution in [1.29, 1.82) is 0 Å². The van der Waals surface area contributed by atoms with E-state index in [-0.39, 0.29) is 18.0 Å². The molecule has 1 amide bonds. The average Bonchev–Trinajstić information content (AvgIpc) is 3.14. The molecule has 3 aromatic heterocycles. The maximum atomic E-state index is 12.3. The minimum atomic E-state index is -0.741. The van der Waals surface area contributed by atoms with Gasteiger partial charge in [0.05, 0.1) is 18.5 Å². The molecule has 7 nitrogen and oxygen atoms in total. The van der Waals surface area contributed by atoms with E-state index in [4.69, 9.17) is 4.42 Å². The fourth-order valence-corrected chi connectivity index (χ4v) is 2.23. The van der Waals surface area contributed by atoms with Gasteiger partial charge in [-0.1, -0.05) is 0 Å². The molecule has 0 fully saturated rings. The summed E-state index contributed by atoms with van der Waals surface area (Å²) in [7, 11) is 0. The SMILES string of the molecule is CC(C(=O)NCc1ccco1)n1nc(-c2ccncc2)ccc1=O. The third kappa shape index (κ3) is 3.40. The molecule has 122 valence electrons. The summed E-state index contributed by atoms with van der Waals surface area (Å²) in [4.78, 5) is 28.3. The molecule has 0 spiro atoms. The van der Waals surface area contributed by atoms with Gasteiger partial charge in [-0.15, -0.1) is 0 Å². The first-order valence-electron chi connectivity index (χ1n) is 7.45. The molecule has 0 saturated heterocycles. The summed E-state index contributed by atoms with van der Waals surface area (Å²) in [6.07, 6.45) is 4.83. The number of aromatic nitrogens is 3. The molecule has 7 heteroatoms. The minimum Gasteiger partial charge on any atom is -0.467 e. The van der Waals surface area contributed by atoms with E-state index in [1.807, 2.05) is 0 Å². The van der Waals surface area contributed by atoms with Crippen LogP contribution in [0.25, 0.3) is 11.3 Å². The summed E-state index contributed by atoms with van der Waals surface area (Å²) >= 11 is 0. The topological polar surface area (TPSA) is 90.0 Å². The summed E-state index contributed by atoms with van der Waals surface area (Å²) in [5, 5.41) is 7.03. The van der Waals surface area contributed by atoms with Crippen LogP contribution in [0.15, 0.2) is 64.3 Å². The highest BCUT2D eigenvalue weighted by atomic mass is 16.3. The smallest absolute Gasteiger partial charge is 0.267 e. The number of nitrogens with zero attached hydrogens (tertiary/aromatic N) is 3. The summed E-state index contributed by atoms with van der Waals surface area (Å²) in [5.74, 6) is 0.328. The second-order valence-electron chi connectivity index (χ2n) is 5.21. The molecule has 0 radical (unpaired) electrons. The molecule has 0 saturated carbocycles. The van der Waals surface area contributed by atoms with Gasteiger partial charge in [-0.25, -0.2) is 4.68 Å². The van der Waals surface area contributed by atoms with Crippen LogP contribution in [0.3, 0.4) is 0 Å². The minimum absolute atomic E-state index is 0.259. The number of hydrogen-bond acceptors (Lipinski definition) is 5. The first-order valence-corrected chi connectivity index (χ1v) is 7.45. The van der Waals surface area contributed by atoms with Gasteiger partial charge in [0.2, 0.25) is 5.91 Å². The van der Waals surface area contributed by atoms with Crippen LogP contribution in [0.1, 0.15) is 18.7 Å². The van der Waals surface area contributed by atoms with Crippen LogP contribution in [0, 0.1) is 0 Å². The molecule has 3 rings (SSSR count). The van der Waals surface area contributed by atoms with Gasteiger partial charge in [-0.2, -0.15) is 5.10 Å². The Morgan fingerprint density at radius 3 is 2.75 bits per heavy atom. The molecule has 3 heterocycles. The molecule has 1 atom stereocenters. The van der Waals surface area contributed by atoms with Crippen molar-refractivity contribution in [2.24, 2.45) is 0 Å². The van der Waals surface area contributed by atoms with Crippen molar-refractivity contribution in [2.75, 3.05) is 0 Å². The Morgan fingerprint density at radius 1 is 1.25 bits per heavy atom. The van der Waals surface area contributed by atoms with Crippen LogP contribution in [0.5, 0.6) is 0 Å². The molecular formula is C17H16N4O3. The number of rotatable bonds is 5.